The van der Waals surface area contributed by atoms with Gasteiger partial charge in [-0.3, -0.25) is 9.59 Å². The molecule has 2 aromatic rings. The summed E-state index contributed by atoms with van der Waals surface area (Å²) >= 11 is 0. The monoisotopic (exact) mass is 219 g/mol. The molecule has 2 rings (SSSR count). The first kappa shape index (κ1) is 10.2. The highest BCUT2D eigenvalue weighted by molar-refractivity contribution is 6.30. The number of aromatic nitrogens is 2. The van der Waals surface area contributed by atoms with E-state index in [0.29, 0.717) is 16.7 Å². The van der Waals surface area contributed by atoms with E-state index in [1.54, 1.807) is 18.2 Å². The van der Waals surface area contributed by atoms with E-state index < -0.39 is 5.91 Å². The number of nitrogens with zero attached hydrogens (tertiary/aromatic N) is 1. The third-order valence-electron chi connectivity index (χ3n) is 2.32. The highest BCUT2D eigenvalue weighted by Gasteiger charge is 2.10. The van der Waals surface area contributed by atoms with E-state index in [2.05, 4.69) is 9.97 Å². The van der Waals surface area contributed by atoms with Crippen molar-refractivity contribution >= 4 is 28.9 Å². The quantitative estimate of drug-likeness (QED) is 0.551. The van der Waals surface area contributed by atoms with Crippen LogP contribution in [-0.2, 0) is 9.59 Å². The third-order valence-corrected chi connectivity index (χ3v) is 2.32. The van der Waals surface area contributed by atoms with Gasteiger partial charge in [-0.2, -0.15) is 0 Å². The SMILES string of the molecule is CN(C(=O)C=O)c1ccc2[nH]c(=O)[nH]c2c1. The largest absolute Gasteiger partial charge is 0.323 e. The molecule has 0 bridgehead atoms. The molecule has 1 aromatic carbocycles. The van der Waals surface area contributed by atoms with E-state index in [9.17, 15) is 14.4 Å². The zero-order chi connectivity index (χ0) is 11.7. The van der Waals surface area contributed by atoms with Crippen LogP contribution in [0, 0.1) is 0 Å². The molecule has 0 aliphatic heterocycles. The van der Waals surface area contributed by atoms with Crippen LogP contribution in [0.5, 0.6) is 0 Å². The summed E-state index contributed by atoms with van der Waals surface area (Å²) in [5, 5.41) is 0. The summed E-state index contributed by atoms with van der Waals surface area (Å²) in [7, 11) is 1.49. The van der Waals surface area contributed by atoms with E-state index in [0.717, 1.165) is 0 Å². The zero-order valence-corrected chi connectivity index (χ0v) is 8.48. The molecular weight excluding hydrogens is 210 g/mol. The van der Waals surface area contributed by atoms with E-state index in [1.807, 2.05) is 0 Å². The van der Waals surface area contributed by atoms with Crippen LogP contribution >= 0.6 is 0 Å². The van der Waals surface area contributed by atoms with Gasteiger partial charge in [-0.25, -0.2) is 4.79 Å². The number of nitrogens with one attached hydrogen (secondary N) is 2. The molecule has 0 unspecified atom stereocenters. The van der Waals surface area contributed by atoms with Crippen molar-refractivity contribution in [3.8, 4) is 0 Å². The molecule has 0 radical (unpaired) electrons. The topological polar surface area (TPSA) is 86.0 Å². The smallest absolute Gasteiger partial charge is 0.309 e. The highest BCUT2D eigenvalue weighted by atomic mass is 16.2. The third kappa shape index (κ3) is 1.60. The first-order valence-corrected chi connectivity index (χ1v) is 4.57. The second-order valence-corrected chi connectivity index (χ2v) is 3.32. The van der Waals surface area contributed by atoms with Crippen molar-refractivity contribution in [2.75, 3.05) is 11.9 Å². The van der Waals surface area contributed by atoms with Crippen LogP contribution in [0.3, 0.4) is 0 Å². The van der Waals surface area contributed by atoms with Gasteiger partial charge in [0.05, 0.1) is 11.0 Å². The molecular formula is C10H9N3O3. The van der Waals surface area contributed by atoms with Gasteiger partial charge in [-0.1, -0.05) is 0 Å². The van der Waals surface area contributed by atoms with E-state index in [4.69, 9.17) is 0 Å². The van der Waals surface area contributed by atoms with Crippen LogP contribution in [0.25, 0.3) is 11.0 Å². The van der Waals surface area contributed by atoms with Gasteiger partial charge in [0.1, 0.15) is 0 Å². The number of aromatic amines is 2. The van der Waals surface area contributed by atoms with Crippen molar-refractivity contribution in [1.82, 2.24) is 9.97 Å². The number of hydrogen-bond donors (Lipinski definition) is 2. The first-order chi connectivity index (χ1) is 7.61. The number of benzene rings is 1. The summed E-state index contributed by atoms with van der Waals surface area (Å²) in [4.78, 5) is 38.8. The molecule has 0 saturated heterocycles. The van der Waals surface area contributed by atoms with Crippen molar-refractivity contribution in [2.24, 2.45) is 0 Å². The van der Waals surface area contributed by atoms with Crippen LogP contribution in [0.15, 0.2) is 23.0 Å². The maximum atomic E-state index is 11.1. The van der Waals surface area contributed by atoms with E-state index in [-0.39, 0.29) is 12.0 Å². The minimum Gasteiger partial charge on any atom is -0.309 e. The fourth-order valence-electron chi connectivity index (χ4n) is 1.44. The van der Waals surface area contributed by atoms with Crippen LogP contribution in [-0.4, -0.2) is 29.2 Å². The molecule has 16 heavy (non-hydrogen) atoms. The van der Waals surface area contributed by atoms with Crippen molar-refractivity contribution in [3.05, 3.63) is 28.7 Å². The Morgan fingerprint density at radius 2 is 2.00 bits per heavy atom. The molecule has 1 amide bonds. The Morgan fingerprint density at radius 3 is 2.69 bits per heavy atom. The number of fused-ring (bicyclic) bond motifs is 1. The van der Waals surface area contributed by atoms with Crippen LogP contribution in [0.4, 0.5) is 5.69 Å². The number of hydrogen-bond acceptors (Lipinski definition) is 3. The van der Waals surface area contributed by atoms with Gasteiger partial charge >= 0.3 is 5.69 Å². The average Bonchev–Trinajstić information content (AvgIpc) is 2.65. The van der Waals surface area contributed by atoms with Gasteiger partial charge < -0.3 is 14.9 Å². The number of imidazole rings is 1. The van der Waals surface area contributed by atoms with Gasteiger partial charge in [0, 0.05) is 12.7 Å². The lowest BCUT2D eigenvalue weighted by atomic mass is 10.2. The van der Waals surface area contributed by atoms with Gasteiger partial charge in [0.15, 0.2) is 0 Å². The number of H-pyrrole nitrogens is 2. The van der Waals surface area contributed by atoms with Crippen LogP contribution < -0.4 is 10.6 Å². The van der Waals surface area contributed by atoms with Gasteiger partial charge in [-0.15, -0.1) is 0 Å². The Kier molecular flexibility index (Phi) is 2.32. The molecule has 2 N–H and O–H groups in total. The second-order valence-electron chi connectivity index (χ2n) is 3.32. The molecule has 82 valence electrons. The molecule has 0 aliphatic rings. The summed E-state index contributed by atoms with van der Waals surface area (Å²) in [6.07, 6.45) is 0.240. The number of amides is 1. The predicted molar refractivity (Wildman–Crippen MR) is 58.4 cm³/mol. The molecule has 6 nitrogen and oxygen atoms in total. The maximum absolute atomic E-state index is 11.1. The number of anilines is 1. The summed E-state index contributed by atoms with van der Waals surface area (Å²) in [6, 6.07) is 4.93. The van der Waals surface area contributed by atoms with Crippen molar-refractivity contribution in [3.63, 3.8) is 0 Å². The van der Waals surface area contributed by atoms with E-state index >= 15 is 0 Å². The Bertz CT molecular complexity index is 611. The lowest BCUT2D eigenvalue weighted by molar-refractivity contribution is -0.129. The number of carbonyl (C=O) groups excluding carboxylic acids is 2. The molecule has 0 spiro atoms. The molecule has 0 saturated carbocycles. The summed E-state index contributed by atoms with van der Waals surface area (Å²) < 4.78 is 0. The molecule has 0 atom stereocenters. The van der Waals surface area contributed by atoms with Crippen LogP contribution in [0.1, 0.15) is 0 Å². The Balaban J connectivity index is 2.49. The minimum absolute atomic E-state index is 0.240. The van der Waals surface area contributed by atoms with Crippen LogP contribution in [0.2, 0.25) is 0 Å². The maximum Gasteiger partial charge on any atom is 0.323 e. The number of carbonyl (C=O) groups is 2. The summed E-state index contributed by atoms with van der Waals surface area (Å²) in [5.41, 5.74) is 1.48. The normalized spacial score (nSPS) is 10.3. The number of likely N-dealkylation sites (N-methyl/N-ethyl adjacent to an activating group) is 1. The van der Waals surface area contributed by atoms with Gasteiger partial charge in [0.2, 0.25) is 6.29 Å². The van der Waals surface area contributed by atoms with Crippen molar-refractivity contribution in [2.45, 2.75) is 0 Å². The molecule has 0 aliphatic carbocycles. The predicted octanol–water partition coefficient (Wildman–Crippen LogP) is 0.0179. The number of aldehydes is 1. The standard InChI is InChI=1S/C10H9N3O3/c1-13(9(15)5-14)6-2-3-7-8(4-6)12-10(16)11-7/h2-5H,1H3,(H2,11,12,16). The Labute approximate surface area is 89.9 Å². The second kappa shape index (κ2) is 3.65. The molecule has 6 heteroatoms. The van der Waals surface area contributed by atoms with Crippen molar-refractivity contribution < 1.29 is 9.59 Å². The fraction of sp³-hybridized carbons (Fsp3) is 0.100. The van der Waals surface area contributed by atoms with Gasteiger partial charge in [0.25, 0.3) is 5.91 Å². The van der Waals surface area contributed by atoms with Gasteiger partial charge in [-0.05, 0) is 18.2 Å². The van der Waals surface area contributed by atoms with E-state index in [1.165, 1.54) is 11.9 Å². The average molecular weight is 219 g/mol. The van der Waals surface area contributed by atoms with Crippen molar-refractivity contribution in [1.29, 1.82) is 0 Å². The Hall–Kier alpha value is -2.37. The lowest BCUT2D eigenvalue weighted by Crippen LogP contribution is -2.26. The number of rotatable bonds is 2. The molecule has 1 heterocycles. The fourth-order valence-corrected chi connectivity index (χ4v) is 1.44. The molecule has 1 aromatic heterocycles. The Morgan fingerprint density at radius 1 is 1.31 bits per heavy atom. The lowest BCUT2D eigenvalue weighted by Gasteiger charge is -2.13. The molecule has 0 fully saturated rings. The summed E-state index contributed by atoms with van der Waals surface area (Å²) in [5.74, 6) is -0.641. The highest BCUT2D eigenvalue weighted by Crippen LogP contribution is 2.17. The zero-order valence-electron chi connectivity index (χ0n) is 8.48. The summed E-state index contributed by atoms with van der Waals surface area (Å²) in [6.45, 7) is 0. The minimum atomic E-state index is -0.641. The first-order valence-electron chi connectivity index (χ1n) is 4.57.